The Hall–Kier alpha value is -0.540. The topological polar surface area (TPSA) is 12.5 Å². The van der Waals surface area contributed by atoms with Crippen LogP contribution < -0.4 is 4.74 Å². The van der Waals surface area contributed by atoms with E-state index in [9.17, 15) is 0 Å². The maximum atomic E-state index is 5.61. The van der Waals surface area contributed by atoms with E-state index < -0.39 is 0 Å². The van der Waals surface area contributed by atoms with Crippen molar-refractivity contribution in [3.63, 3.8) is 0 Å². The van der Waals surface area contributed by atoms with Crippen molar-refractivity contribution >= 4 is 15.9 Å². The SMILES string of the molecule is CCN1CC2CCc3c(Br)ccc(OC)c3C2C1. The fraction of sp³-hybridized carbons (Fsp3) is 0.600. The molecule has 2 nitrogen and oxygen atoms in total. The lowest BCUT2D eigenvalue weighted by molar-refractivity contribution is 0.338. The van der Waals surface area contributed by atoms with E-state index in [1.807, 2.05) is 0 Å². The second kappa shape index (κ2) is 4.86. The summed E-state index contributed by atoms with van der Waals surface area (Å²) in [5.74, 6) is 2.57. The summed E-state index contributed by atoms with van der Waals surface area (Å²) in [5, 5.41) is 0. The van der Waals surface area contributed by atoms with Gasteiger partial charge in [-0.25, -0.2) is 0 Å². The fourth-order valence-corrected chi connectivity index (χ4v) is 4.17. The maximum Gasteiger partial charge on any atom is 0.122 e. The quantitative estimate of drug-likeness (QED) is 0.830. The van der Waals surface area contributed by atoms with E-state index in [0.29, 0.717) is 5.92 Å². The van der Waals surface area contributed by atoms with Gasteiger partial charge in [0.15, 0.2) is 0 Å². The number of ether oxygens (including phenoxy) is 1. The van der Waals surface area contributed by atoms with Gasteiger partial charge in [-0.3, -0.25) is 0 Å². The van der Waals surface area contributed by atoms with Gasteiger partial charge in [-0.1, -0.05) is 22.9 Å². The highest BCUT2D eigenvalue weighted by atomic mass is 79.9. The van der Waals surface area contributed by atoms with Gasteiger partial charge in [-0.05, 0) is 43.0 Å². The summed E-state index contributed by atoms with van der Waals surface area (Å²) in [4.78, 5) is 2.57. The third-order valence-corrected chi connectivity index (χ3v) is 5.32. The monoisotopic (exact) mass is 309 g/mol. The molecule has 2 aliphatic rings. The molecule has 98 valence electrons. The standard InChI is InChI=1S/C15H20BrNO/c1-3-17-8-10-4-5-11-13(16)6-7-14(18-2)15(11)12(10)9-17/h6-7,10,12H,3-5,8-9H2,1-2H3. The van der Waals surface area contributed by atoms with Crippen LogP contribution in [0.1, 0.15) is 30.4 Å². The lowest BCUT2D eigenvalue weighted by Gasteiger charge is -2.29. The summed E-state index contributed by atoms with van der Waals surface area (Å²) in [5.41, 5.74) is 2.95. The predicted octanol–water partition coefficient (Wildman–Crippen LogP) is 3.44. The molecule has 18 heavy (non-hydrogen) atoms. The second-order valence-corrected chi connectivity index (χ2v) is 6.25. The Morgan fingerprint density at radius 1 is 1.39 bits per heavy atom. The molecule has 2 atom stereocenters. The predicted molar refractivity (Wildman–Crippen MR) is 77.4 cm³/mol. The number of hydrogen-bond acceptors (Lipinski definition) is 2. The van der Waals surface area contributed by atoms with E-state index >= 15 is 0 Å². The molecule has 0 amide bonds. The zero-order valence-electron chi connectivity index (χ0n) is 11.1. The van der Waals surface area contributed by atoms with Crippen molar-refractivity contribution in [2.45, 2.75) is 25.7 Å². The molecule has 2 unspecified atom stereocenters. The van der Waals surface area contributed by atoms with Gasteiger partial charge in [-0.2, -0.15) is 0 Å². The van der Waals surface area contributed by atoms with E-state index in [1.165, 1.54) is 48.1 Å². The van der Waals surface area contributed by atoms with Crippen LogP contribution in [0.2, 0.25) is 0 Å². The van der Waals surface area contributed by atoms with E-state index in [-0.39, 0.29) is 0 Å². The first-order chi connectivity index (χ1) is 8.74. The van der Waals surface area contributed by atoms with E-state index in [4.69, 9.17) is 4.74 Å². The first kappa shape index (κ1) is 12.5. The van der Waals surface area contributed by atoms with Crippen molar-refractivity contribution in [1.29, 1.82) is 0 Å². The van der Waals surface area contributed by atoms with E-state index in [2.05, 4.69) is 39.9 Å². The number of fused-ring (bicyclic) bond motifs is 3. The molecule has 0 N–H and O–H groups in total. The lowest BCUT2D eigenvalue weighted by atomic mass is 9.76. The van der Waals surface area contributed by atoms with Gasteiger partial charge in [0.2, 0.25) is 0 Å². The van der Waals surface area contributed by atoms with Crippen LogP contribution in [0.5, 0.6) is 5.75 Å². The molecule has 1 aliphatic carbocycles. The number of likely N-dealkylation sites (N-methyl/N-ethyl adjacent to an activating group) is 1. The number of benzene rings is 1. The van der Waals surface area contributed by atoms with Crippen molar-refractivity contribution in [3.05, 3.63) is 27.7 Å². The van der Waals surface area contributed by atoms with Crippen molar-refractivity contribution in [2.75, 3.05) is 26.7 Å². The maximum absolute atomic E-state index is 5.61. The Balaban J connectivity index is 2.05. The van der Waals surface area contributed by atoms with Gasteiger partial charge in [0, 0.05) is 29.0 Å². The number of methoxy groups -OCH3 is 1. The largest absolute Gasteiger partial charge is 0.496 e. The summed E-state index contributed by atoms with van der Waals surface area (Å²) in [6.45, 7) is 5.88. The number of rotatable bonds is 2. The Morgan fingerprint density at radius 3 is 2.94 bits per heavy atom. The molecule has 0 spiro atoms. The molecule has 3 rings (SSSR count). The molecule has 1 fully saturated rings. The molecule has 0 saturated carbocycles. The highest BCUT2D eigenvalue weighted by Gasteiger charge is 2.39. The van der Waals surface area contributed by atoms with Gasteiger partial charge in [0.1, 0.15) is 5.75 Å². The van der Waals surface area contributed by atoms with Crippen LogP contribution >= 0.6 is 15.9 Å². The highest BCUT2D eigenvalue weighted by molar-refractivity contribution is 9.10. The molecule has 0 aromatic heterocycles. The minimum atomic E-state index is 0.668. The summed E-state index contributed by atoms with van der Waals surface area (Å²) in [6.07, 6.45) is 2.51. The molecule has 1 aromatic carbocycles. The molecule has 1 aliphatic heterocycles. The first-order valence-corrected chi connectivity index (χ1v) is 7.61. The average Bonchev–Trinajstić information content (AvgIpc) is 2.82. The molecule has 0 radical (unpaired) electrons. The molecule has 0 bridgehead atoms. The second-order valence-electron chi connectivity index (χ2n) is 5.40. The molecule has 1 aromatic rings. The van der Waals surface area contributed by atoms with Crippen LogP contribution in [0.4, 0.5) is 0 Å². The zero-order chi connectivity index (χ0) is 12.7. The van der Waals surface area contributed by atoms with Crippen molar-refractivity contribution < 1.29 is 4.74 Å². The molecular weight excluding hydrogens is 290 g/mol. The smallest absolute Gasteiger partial charge is 0.122 e. The van der Waals surface area contributed by atoms with Crippen molar-refractivity contribution in [3.8, 4) is 5.75 Å². The minimum Gasteiger partial charge on any atom is -0.496 e. The van der Waals surface area contributed by atoms with Gasteiger partial charge in [0.25, 0.3) is 0 Å². The summed E-state index contributed by atoms with van der Waals surface area (Å²) in [7, 11) is 1.79. The van der Waals surface area contributed by atoms with Crippen LogP contribution in [0, 0.1) is 5.92 Å². The highest BCUT2D eigenvalue weighted by Crippen LogP contribution is 2.47. The third kappa shape index (κ3) is 1.88. The summed E-state index contributed by atoms with van der Waals surface area (Å²) >= 11 is 3.71. The van der Waals surface area contributed by atoms with Crippen molar-refractivity contribution in [2.24, 2.45) is 5.92 Å². The third-order valence-electron chi connectivity index (χ3n) is 4.58. The Morgan fingerprint density at radius 2 is 2.22 bits per heavy atom. The number of likely N-dealkylation sites (tertiary alicyclic amines) is 1. The first-order valence-electron chi connectivity index (χ1n) is 6.82. The van der Waals surface area contributed by atoms with E-state index in [0.717, 1.165) is 11.7 Å². The Kier molecular flexibility index (Phi) is 3.37. The van der Waals surface area contributed by atoms with Gasteiger partial charge >= 0.3 is 0 Å². The van der Waals surface area contributed by atoms with Gasteiger partial charge in [-0.15, -0.1) is 0 Å². The molecule has 1 heterocycles. The summed E-state index contributed by atoms with van der Waals surface area (Å²) < 4.78 is 6.86. The van der Waals surface area contributed by atoms with Crippen LogP contribution in [-0.2, 0) is 6.42 Å². The van der Waals surface area contributed by atoms with Crippen molar-refractivity contribution in [1.82, 2.24) is 4.90 Å². The molecular formula is C15H20BrNO. The Bertz CT molecular complexity index is 460. The summed E-state index contributed by atoms with van der Waals surface area (Å²) in [6, 6.07) is 4.24. The number of nitrogens with zero attached hydrogens (tertiary/aromatic N) is 1. The van der Waals surface area contributed by atoms with Crippen LogP contribution in [0.25, 0.3) is 0 Å². The Labute approximate surface area is 117 Å². The van der Waals surface area contributed by atoms with Crippen LogP contribution in [0.3, 0.4) is 0 Å². The molecule has 3 heteroatoms. The van der Waals surface area contributed by atoms with E-state index in [1.54, 1.807) is 7.11 Å². The van der Waals surface area contributed by atoms with Crippen LogP contribution in [-0.4, -0.2) is 31.6 Å². The molecule has 1 saturated heterocycles. The normalized spacial score (nSPS) is 26.8. The number of halogens is 1. The minimum absolute atomic E-state index is 0.668. The average molecular weight is 310 g/mol. The number of hydrogen-bond donors (Lipinski definition) is 0. The van der Waals surface area contributed by atoms with Crippen LogP contribution in [0.15, 0.2) is 16.6 Å². The zero-order valence-corrected chi connectivity index (χ0v) is 12.7. The van der Waals surface area contributed by atoms with Gasteiger partial charge < -0.3 is 9.64 Å². The van der Waals surface area contributed by atoms with Gasteiger partial charge in [0.05, 0.1) is 7.11 Å². The lowest BCUT2D eigenvalue weighted by Crippen LogP contribution is -2.20. The fourth-order valence-electron chi connectivity index (χ4n) is 3.62.